The second-order valence-corrected chi connectivity index (χ2v) is 15.2. The van der Waals surface area contributed by atoms with E-state index in [9.17, 15) is 0 Å². The van der Waals surface area contributed by atoms with Gasteiger partial charge in [-0.2, -0.15) is 0 Å². The van der Waals surface area contributed by atoms with E-state index in [2.05, 4.69) is 61.7 Å². The Morgan fingerprint density at radius 3 is 2.56 bits per heavy atom. The van der Waals surface area contributed by atoms with E-state index < -0.39 is 0 Å². The normalized spacial score (nSPS) is 12.3. The summed E-state index contributed by atoms with van der Waals surface area (Å²) in [6.07, 6.45) is 7.47. The Hall–Kier alpha value is 0.803. The third-order valence-corrected chi connectivity index (χ3v) is 2.68. The SMILES string of the molecule is CCCCC1=Cc2ccccc2C1.[Br][Zr][Br]. The molecule has 1 aromatic carbocycles. The fourth-order valence-electron chi connectivity index (χ4n) is 1.92. The first-order valence-electron chi connectivity index (χ1n) is 5.55. The van der Waals surface area contributed by atoms with Crippen molar-refractivity contribution in [1.29, 1.82) is 0 Å². The Kier molecular flexibility index (Phi) is 8.20. The van der Waals surface area contributed by atoms with Gasteiger partial charge in [-0.05, 0) is 30.4 Å². The second kappa shape index (κ2) is 8.83. The zero-order chi connectivity index (χ0) is 11.8. The zero-order valence-corrected chi connectivity index (χ0v) is 15.1. The molecule has 1 aromatic rings. The van der Waals surface area contributed by atoms with Gasteiger partial charge in [0.2, 0.25) is 0 Å². The Morgan fingerprint density at radius 1 is 1.25 bits per heavy atom. The Balaban J connectivity index is 0.000000386. The Bertz CT molecular complexity index is 348. The van der Waals surface area contributed by atoms with Gasteiger partial charge in [0.05, 0.1) is 0 Å². The molecule has 16 heavy (non-hydrogen) atoms. The van der Waals surface area contributed by atoms with Crippen LogP contribution in [0.5, 0.6) is 0 Å². The summed E-state index contributed by atoms with van der Waals surface area (Å²) in [5.41, 5.74) is 4.56. The number of fused-ring (bicyclic) bond motifs is 1. The molecule has 0 saturated heterocycles. The fourth-order valence-corrected chi connectivity index (χ4v) is 1.92. The summed E-state index contributed by atoms with van der Waals surface area (Å²) in [5.74, 6) is 0. The first kappa shape index (κ1) is 14.9. The van der Waals surface area contributed by atoms with E-state index in [1.54, 1.807) is 5.57 Å². The van der Waals surface area contributed by atoms with Crippen molar-refractivity contribution in [2.24, 2.45) is 0 Å². The molecular weight excluding hydrogens is 407 g/mol. The number of hydrogen-bond donors (Lipinski definition) is 0. The summed E-state index contributed by atoms with van der Waals surface area (Å²) in [6.45, 7) is 2.25. The molecule has 1 aliphatic rings. The van der Waals surface area contributed by atoms with Crippen molar-refractivity contribution in [2.45, 2.75) is 32.6 Å². The molecule has 0 aliphatic heterocycles. The van der Waals surface area contributed by atoms with Gasteiger partial charge in [0.25, 0.3) is 0 Å². The molecule has 0 saturated carbocycles. The van der Waals surface area contributed by atoms with Crippen LogP contribution >= 0.6 is 24.4 Å². The van der Waals surface area contributed by atoms with Gasteiger partial charge in [-0.15, -0.1) is 0 Å². The molecule has 0 amide bonds. The van der Waals surface area contributed by atoms with Crippen molar-refractivity contribution in [3.63, 3.8) is 0 Å². The molecule has 0 bridgehead atoms. The molecule has 0 radical (unpaired) electrons. The van der Waals surface area contributed by atoms with Gasteiger partial charge in [0.15, 0.2) is 0 Å². The Morgan fingerprint density at radius 2 is 1.94 bits per heavy atom. The van der Waals surface area contributed by atoms with E-state index in [1.807, 2.05) is 0 Å². The average molecular weight is 423 g/mol. The maximum atomic E-state index is 3.23. The van der Waals surface area contributed by atoms with Crippen molar-refractivity contribution in [3.05, 3.63) is 41.0 Å². The first-order valence-corrected chi connectivity index (χ1v) is 16.8. The number of rotatable bonds is 3. The van der Waals surface area contributed by atoms with Crippen LogP contribution in [0.15, 0.2) is 29.8 Å². The van der Waals surface area contributed by atoms with E-state index in [4.69, 9.17) is 0 Å². The quantitative estimate of drug-likeness (QED) is 0.602. The van der Waals surface area contributed by atoms with E-state index in [1.165, 1.54) is 36.8 Å². The summed E-state index contributed by atoms with van der Waals surface area (Å²) in [7, 11) is 0. The monoisotopic (exact) mass is 420 g/mol. The summed E-state index contributed by atoms with van der Waals surface area (Å²) in [5, 5.41) is 0. The van der Waals surface area contributed by atoms with Gasteiger partial charge in [0, 0.05) is 0 Å². The minimum atomic E-state index is -0.145. The number of allylic oxidation sites excluding steroid dienone is 1. The maximum absolute atomic E-state index is 3.23. The molecule has 3 heteroatoms. The van der Waals surface area contributed by atoms with Crippen LogP contribution in [0.1, 0.15) is 37.3 Å². The van der Waals surface area contributed by atoms with Gasteiger partial charge >= 0.3 is 43.0 Å². The molecule has 0 atom stereocenters. The van der Waals surface area contributed by atoms with Crippen molar-refractivity contribution in [3.8, 4) is 0 Å². The molecule has 0 nitrogen and oxygen atoms in total. The van der Waals surface area contributed by atoms with Crippen LogP contribution in [-0.2, 0) is 25.0 Å². The van der Waals surface area contributed by atoms with Crippen LogP contribution in [0.4, 0.5) is 0 Å². The number of benzene rings is 1. The molecular formula is C13H16Br2Zr. The van der Waals surface area contributed by atoms with E-state index >= 15 is 0 Å². The van der Waals surface area contributed by atoms with Gasteiger partial charge in [-0.1, -0.05) is 49.3 Å². The van der Waals surface area contributed by atoms with Crippen LogP contribution in [0.2, 0.25) is 0 Å². The third-order valence-electron chi connectivity index (χ3n) is 2.68. The molecule has 86 valence electrons. The second-order valence-electron chi connectivity index (χ2n) is 3.85. The minimum absolute atomic E-state index is 0.145. The standard InChI is InChI=1S/C13H16.2BrH.Zr/c1-2-3-6-11-9-12-7-4-5-8-13(12)10-11;;;/h4-5,7-9H,2-3,6,10H2,1H3;2*1H;/q;;;+2/p-2. The van der Waals surface area contributed by atoms with E-state index in [0.717, 1.165) is 0 Å². The topological polar surface area (TPSA) is 0 Å². The molecule has 1 aliphatic carbocycles. The first-order chi connectivity index (χ1) is 7.81. The molecule has 0 heterocycles. The summed E-state index contributed by atoms with van der Waals surface area (Å²) >= 11 is 6.32. The number of hydrogen-bond acceptors (Lipinski definition) is 0. The Labute approximate surface area is 121 Å². The molecule has 0 fully saturated rings. The van der Waals surface area contributed by atoms with E-state index in [-0.39, 0.29) is 18.5 Å². The molecule has 2 rings (SSSR count). The van der Waals surface area contributed by atoms with Crippen molar-refractivity contribution in [2.75, 3.05) is 0 Å². The summed E-state index contributed by atoms with van der Waals surface area (Å²) in [6, 6.07) is 8.71. The van der Waals surface area contributed by atoms with Crippen LogP contribution in [-0.4, -0.2) is 0 Å². The summed E-state index contributed by atoms with van der Waals surface area (Å²) < 4.78 is 0. The fraction of sp³-hybridized carbons (Fsp3) is 0.385. The zero-order valence-electron chi connectivity index (χ0n) is 9.47. The third kappa shape index (κ3) is 4.98. The van der Waals surface area contributed by atoms with Crippen LogP contribution < -0.4 is 0 Å². The van der Waals surface area contributed by atoms with Crippen molar-refractivity contribution >= 4 is 30.5 Å². The van der Waals surface area contributed by atoms with Gasteiger partial charge in [-0.25, -0.2) is 0 Å². The van der Waals surface area contributed by atoms with Crippen LogP contribution in [0, 0.1) is 0 Å². The van der Waals surface area contributed by atoms with Gasteiger partial charge < -0.3 is 0 Å². The van der Waals surface area contributed by atoms with E-state index in [0.29, 0.717) is 0 Å². The van der Waals surface area contributed by atoms with Crippen molar-refractivity contribution < 1.29 is 18.5 Å². The van der Waals surface area contributed by atoms with Gasteiger partial charge in [-0.3, -0.25) is 0 Å². The summed E-state index contributed by atoms with van der Waals surface area (Å²) in [4.78, 5) is 0. The molecule has 0 aromatic heterocycles. The number of halogens is 2. The molecule has 0 spiro atoms. The van der Waals surface area contributed by atoms with Crippen LogP contribution in [0.25, 0.3) is 6.08 Å². The number of unbranched alkanes of at least 4 members (excludes halogenated alkanes) is 1. The molecule has 0 N–H and O–H groups in total. The predicted octanol–water partition coefficient (Wildman–Crippen LogP) is 5.51. The predicted molar refractivity (Wildman–Crippen MR) is 75.5 cm³/mol. The average Bonchev–Trinajstić information content (AvgIpc) is 2.70. The molecule has 0 unspecified atom stereocenters. The van der Waals surface area contributed by atoms with Crippen LogP contribution in [0.3, 0.4) is 0 Å². The van der Waals surface area contributed by atoms with Crippen molar-refractivity contribution in [1.82, 2.24) is 0 Å². The van der Waals surface area contributed by atoms with Gasteiger partial charge in [0.1, 0.15) is 0 Å².